The highest BCUT2D eigenvalue weighted by Gasteiger charge is 2.28. The Labute approximate surface area is 116 Å². The molecule has 1 aliphatic rings. The Morgan fingerprint density at radius 2 is 2.05 bits per heavy atom. The molecule has 2 heterocycles. The van der Waals surface area contributed by atoms with Crippen LogP contribution in [0.3, 0.4) is 0 Å². The fourth-order valence-electron chi connectivity index (χ4n) is 1.97. The molecule has 2 amide bonds. The Morgan fingerprint density at radius 3 is 2.68 bits per heavy atom. The third-order valence-electron chi connectivity index (χ3n) is 3.11. The van der Waals surface area contributed by atoms with Crippen molar-refractivity contribution in [3.05, 3.63) is 23.5 Å². The molecule has 0 aromatic carbocycles. The lowest BCUT2D eigenvalue weighted by atomic mass is 10.2. The van der Waals surface area contributed by atoms with Gasteiger partial charge in [0, 0.05) is 24.6 Å². The maximum Gasteiger partial charge on any atom is 0.229 e. The van der Waals surface area contributed by atoms with Crippen LogP contribution in [0.25, 0.3) is 0 Å². The number of carbonyl (C=O) groups excluding carboxylic acids is 2. The Balaban J connectivity index is 1.93. The van der Waals surface area contributed by atoms with Crippen LogP contribution in [-0.4, -0.2) is 34.8 Å². The molecule has 0 spiro atoms. The number of imide groups is 1. The number of amides is 2. The zero-order chi connectivity index (χ0) is 13.8. The first-order valence-corrected chi connectivity index (χ1v) is 6.63. The standard InChI is InChI=1S/C13H15ClN2O3/c1-9-10(8-14)15-5-4-11(9)19-7-6-16-12(17)2-3-13(16)18/h4-5H,2-3,6-8H2,1H3. The van der Waals surface area contributed by atoms with Crippen LogP contribution in [-0.2, 0) is 15.5 Å². The Morgan fingerprint density at radius 1 is 1.37 bits per heavy atom. The van der Waals surface area contributed by atoms with Crippen molar-refractivity contribution in [2.75, 3.05) is 13.2 Å². The van der Waals surface area contributed by atoms with E-state index < -0.39 is 0 Å². The van der Waals surface area contributed by atoms with E-state index in [0.717, 1.165) is 11.3 Å². The van der Waals surface area contributed by atoms with Crippen LogP contribution in [0.2, 0.25) is 0 Å². The fraction of sp³-hybridized carbons (Fsp3) is 0.462. The van der Waals surface area contributed by atoms with Crippen LogP contribution >= 0.6 is 11.6 Å². The van der Waals surface area contributed by atoms with E-state index in [9.17, 15) is 9.59 Å². The van der Waals surface area contributed by atoms with Gasteiger partial charge in [0.05, 0.1) is 18.1 Å². The highest BCUT2D eigenvalue weighted by molar-refractivity contribution is 6.17. The van der Waals surface area contributed by atoms with Gasteiger partial charge in [0.2, 0.25) is 11.8 Å². The molecule has 5 nitrogen and oxygen atoms in total. The van der Waals surface area contributed by atoms with Crippen molar-refractivity contribution in [2.45, 2.75) is 25.6 Å². The predicted octanol–water partition coefficient (Wildman–Crippen LogP) is 1.66. The average Bonchev–Trinajstić information content (AvgIpc) is 2.72. The molecule has 1 saturated heterocycles. The molecule has 102 valence electrons. The van der Waals surface area contributed by atoms with Gasteiger partial charge >= 0.3 is 0 Å². The highest BCUT2D eigenvalue weighted by Crippen LogP contribution is 2.20. The molecule has 6 heteroatoms. The number of aromatic nitrogens is 1. The molecule has 0 aliphatic carbocycles. The minimum atomic E-state index is -0.124. The van der Waals surface area contributed by atoms with E-state index in [-0.39, 0.29) is 25.0 Å². The summed E-state index contributed by atoms with van der Waals surface area (Å²) in [5.74, 6) is 0.763. The van der Waals surface area contributed by atoms with Crippen molar-refractivity contribution in [1.29, 1.82) is 0 Å². The van der Waals surface area contributed by atoms with E-state index in [0.29, 0.717) is 24.5 Å². The van der Waals surface area contributed by atoms with Crippen LogP contribution in [0, 0.1) is 6.92 Å². The minimum absolute atomic E-state index is 0.124. The molecule has 1 aliphatic heterocycles. The van der Waals surface area contributed by atoms with Gasteiger partial charge in [-0.25, -0.2) is 0 Å². The number of rotatable bonds is 5. The summed E-state index contributed by atoms with van der Waals surface area (Å²) in [5, 5.41) is 0. The summed E-state index contributed by atoms with van der Waals surface area (Å²) in [6.45, 7) is 2.45. The summed E-state index contributed by atoms with van der Waals surface area (Å²) in [6.07, 6.45) is 2.25. The molecular formula is C13H15ClN2O3. The molecule has 0 N–H and O–H groups in total. The van der Waals surface area contributed by atoms with Crippen molar-refractivity contribution in [2.24, 2.45) is 0 Å². The summed E-state index contributed by atoms with van der Waals surface area (Å²) >= 11 is 5.76. The smallest absolute Gasteiger partial charge is 0.229 e. The molecular weight excluding hydrogens is 268 g/mol. The van der Waals surface area contributed by atoms with E-state index in [2.05, 4.69) is 4.98 Å². The highest BCUT2D eigenvalue weighted by atomic mass is 35.5. The summed E-state index contributed by atoms with van der Waals surface area (Å²) in [4.78, 5) is 28.2. The Kier molecular flexibility index (Phi) is 4.37. The minimum Gasteiger partial charge on any atom is -0.491 e. The first-order chi connectivity index (χ1) is 9.13. The van der Waals surface area contributed by atoms with Gasteiger partial charge in [-0.05, 0) is 13.0 Å². The number of likely N-dealkylation sites (tertiary alicyclic amines) is 1. The van der Waals surface area contributed by atoms with E-state index in [1.807, 2.05) is 6.92 Å². The Bertz CT molecular complexity index is 489. The van der Waals surface area contributed by atoms with Crippen LogP contribution in [0.5, 0.6) is 5.75 Å². The van der Waals surface area contributed by atoms with Gasteiger partial charge in [0.15, 0.2) is 0 Å². The van der Waals surface area contributed by atoms with Crippen molar-refractivity contribution in [3.63, 3.8) is 0 Å². The second-order valence-electron chi connectivity index (χ2n) is 4.30. The first kappa shape index (κ1) is 13.8. The predicted molar refractivity (Wildman–Crippen MR) is 70.0 cm³/mol. The quantitative estimate of drug-likeness (QED) is 0.609. The third-order valence-corrected chi connectivity index (χ3v) is 3.37. The summed E-state index contributed by atoms with van der Waals surface area (Å²) in [6, 6.07) is 1.75. The SMILES string of the molecule is Cc1c(OCCN2C(=O)CCC2=O)ccnc1CCl. The summed E-state index contributed by atoms with van der Waals surface area (Å²) in [7, 11) is 0. The maximum absolute atomic E-state index is 11.4. The summed E-state index contributed by atoms with van der Waals surface area (Å²) < 4.78 is 5.59. The van der Waals surface area contributed by atoms with E-state index >= 15 is 0 Å². The largest absolute Gasteiger partial charge is 0.491 e. The zero-order valence-electron chi connectivity index (χ0n) is 10.7. The van der Waals surface area contributed by atoms with E-state index in [1.54, 1.807) is 12.3 Å². The van der Waals surface area contributed by atoms with Crippen LogP contribution in [0.1, 0.15) is 24.1 Å². The summed E-state index contributed by atoms with van der Waals surface area (Å²) in [5.41, 5.74) is 1.66. The zero-order valence-corrected chi connectivity index (χ0v) is 11.4. The second kappa shape index (κ2) is 6.02. The average molecular weight is 283 g/mol. The van der Waals surface area contributed by atoms with Gasteiger partial charge < -0.3 is 4.74 Å². The molecule has 0 unspecified atom stereocenters. The van der Waals surface area contributed by atoms with Crippen molar-refractivity contribution in [3.8, 4) is 5.75 Å². The molecule has 0 saturated carbocycles. The lowest BCUT2D eigenvalue weighted by molar-refractivity contribution is -0.138. The molecule has 0 atom stereocenters. The molecule has 2 rings (SSSR count). The third kappa shape index (κ3) is 3.04. The molecule has 1 fully saturated rings. The number of halogens is 1. The maximum atomic E-state index is 11.4. The van der Waals surface area contributed by atoms with Crippen molar-refractivity contribution in [1.82, 2.24) is 9.88 Å². The van der Waals surface area contributed by atoms with Crippen LogP contribution < -0.4 is 4.74 Å². The van der Waals surface area contributed by atoms with E-state index in [4.69, 9.17) is 16.3 Å². The first-order valence-electron chi connectivity index (χ1n) is 6.10. The van der Waals surface area contributed by atoms with E-state index in [1.165, 1.54) is 4.90 Å². The number of nitrogens with zero attached hydrogens (tertiary/aromatic N) is 2. The number of hydrogen-bond donors (Lipinski definition) is 0. The lowest BCUT2D eigenvalue weighted by Crippen LogP contribution is -2.33. The molecule has 1 aromatic heterocycles. The van der Waals surface area contributed by atoms with Gasteiger partial charge in [-0.15, -0.1) is 11.6 Å². The van der Waals surface area contributed by atoms with Gasteiger partial charge in [0.1, 0.15) is 12.4 Å². The number of hydrogen-bond acceptors (Lipinski definition) is 4. The van der Waals surface area contributed by atoms with Gasteiger partial charge in [0.25, 0.3) is 0 Å². The van der Waals surface area contributed by atoms with Gasteiger partial charge in [-0.2, -0.15) is 0 Å². The topological polar surface area (TPSA) is 59.5 Å². The van der Waals surface area contributed by atoms with Crippen LogP contribution in [0.4, 0.5) is 0 Å². The number of alkyl halides is 1. The van der Waals surface area contributed by atoms with Crippen molar-refractivity contribution >= 4 is 23.4 Å². The van der Waals surface area contributed by atoms with Gasteiger partial charge in [-0.3, -0.25) is 19.5 Å². The lowest BCUT2D eigenvalue weighted by Gasteiger charge is -2.15. The monoisotopic (exact) mass is 282 g/mol. The molecule has 0 radical (unpaired) electrons. The number of ether oxygens (including phenoxy) is 1. The molecule has 1 aromatic rings. The number of pyridine rings is 1. The fourth-order valence-corrected chi connectivity index (χ4v) is 2.24. The van der Waals surface area contributed by atoms with Crippen LogP contribution in [0.15, 0.2) is 12.3 Å². The number of carbonyl (C=O) groups is 2. The molecule has 19 heavy (non-hydrogen) atoms. The van der Waals surface area contributed by atoms with Gasteiger partial charge in [-0.1, -0.05) is 0 Å². The normalized spacial score (nSPS) is 15.2. The van der Waals surface area contributed by atoms with Crippen molar-refractivity contribution < 1.29 is 14.3 Å². The second-order valence-corrected chi connectivity index (χ2v) is 4.57. The molecule has 0 bridgehead atoms. The Hall–Kier alpha value is -1.62.